The van der Waals surface area contributed by atoms with Crippen molar-refractivity contribution in [2.45, 2.75) is 26.2 Å². The first kappa shape index (κ1) is 14.0. The van der Waals surface area contributed by atoms with Crippen molar-refractivity contribution in [2.24, 2.45) is 0 Å². The highest BCUT2D eigenvalue weighted by Crippen LogP contribution is 2.22. The number of nitrogens with zero attached hydrogens (tertiary/aromatic N) is 2. The molecule has 0 saturated carbocycles. The van der Waals surface area contributed by atoms with Crippen LogP contribution in [0.4, 0.5) is 0 Å². The maximum Gasteiger partial charge on any atom is 0.307 e. The molecule has 1 aromatic carbocycles. The minimum Gasteiger partial charge on any atom is -0.481 e. The van der Waals surface area contributed by atoms with Gasteiger partial charge in [0, 0.05) is 6.07 Å². The number of ether oxygens (including phenoxy) is 1. The summed E-state index contributed by atoms with van der Waals surface area (Å²) in [6.45, 7) is 4.08. The first-order valence-electron chi connectivity index (χ1n) is 6.35. The molecule has 5 heteroatoms. The number of aromatic nitrogens is 2. The molecule has 20 heavy (non-hydrogen) atoms. The zero-order valence-electron chi connectivity index (χ0n) is 11.4. The van der Waals surface area contributed by atoms with Crippen molar-refractivity contribution >= 4 is 5.97 Å². The van der Waals surface area contributed by atoms with Gasteiger partial charge >= 0.3 is 5.97 Å². The molecule has 0 aliphatic heterocycles. The minimum absolute atomic E-state index is 0.0295. The van der Waals surface area contributed by atoms with Crippen molar-refractivity contribution in [1.82, 2.24) is 9.97 Å². The van der Waals surface area contributed by atoms with Crippen LogP contribution in [-0.2, 0) is 11.2 Å². The normalized spacial score (nSPS) is 10.6. The molecule has 0 spiro atoms. The molecule has 0 fully saturated rings. The van der Waals surface area contributed by atoms with Crippen LogP contribution in [0.3, 0.4) is 0 Å². The Balaban J connectivity index is 2.17. The molecule has 5 nitrogen and oxygen atoms in total. The summed E-state index contributed by atoms with van der Waals surface area (Å²) in [6.07, 6.45) is 1.43. The second-order valence-corrected chi connectivity index (χ2v) is 4.76. The lowest BCUT2D eigenvalue weighted by molar-refractivity contribution is -0.136. The number of hydrogen-bond donors (Lipinski definition) is 1. The first-order valence-corrected chi connectivity index (χ1v) is 6.35. The van der Waals surface area contributed by atoms with Gasteiger partial charge in [-0.25, -0.2) is 9.97 Å². The largest absolute Gasteiger partial charge is 0.481 e. The Kier molecular flexibility index (Phi) is 4.30. The lowest BCUT2D eigenvalue weighted by Gasteiger charge is -2.08. The monoisotopic (exact) mass is 272 g/mol. The molecule has 0 atom stereocenters. The topological polar surface area (TPSA) is 72.3 Å². The minimum atomic E-state index is -0.869. The van der Waals surface area contributed by atoms with Crippen molar-refractivity contribution in [3.05, 3.63) is 47.9 Å². The molecule has 0 aliphatic rings. The van der Waals surface area contributed by atoms with Crippen molar-refractivity contribution in [3.8, 4) is 11.6 Å². The highest BCUT2D eigenvalue weighted by atomic mass is 16.5. The Morgan fingerprint density at radius 1 is 1.30 bits per heavy atom. The maximum absolute atomic E-state index is 10.7. The van der Waals surface area contributed by atoms with Gasteiger partial charge in [-0.1, -0.05) is 26.0 Å². The van der Waals surface area contributed by atoms with E-state index in [1.807, 2.05) is 13.8 Å². The number of rotatable bonds is 5. The van der Waals surface area contributed by atoms with Crippen LogP contribution in [0.1, 0.15) is 31.0 Å². The molecule has 0 unspecified atom stereocenters. The summed E-state index contributed by atoms with van der Waals surface area (Å²) in [5, 5.41) is 8.78. The lowest BCUT2D eigenvalue weighted by Crippen LogP contribution is -2.00. The van der Waals surface area contributed by atoms with Crippen LogP contribution in [0.2, 0.25) is 0 Å². The third-order valence-corrected chi connectivity index (χ3v) is 2.73. The Labute approximate surface area is 117 Å². The van der Waals surface area contributed by atoms with Gasteiger partial charge in [0.15, 0.2) is 0 Å². The summed E-state index contributed by atoms with van der Waals surface area (Å²) < 4.78 is 5.65. The Morgan fingerprint density at radius 3 is 2.80 bits per heavy atom. The van der Waals surface area contributed by atoms with Crippen molar-refractivity contribution in [1.29, 1.82) is 0 Å². The SMILES string of the molecule is CC(C)c1cc(Oc2cccc(CC(=O)O)c2)ncn1. The predicted molar refractivity (Wildman–Crippen MR) is 74.0 cm³/mol. The van der Waals surface area contributed by atoms with E-state index in [0.717, 1.165) is 5.69 Å². The molecule has 1 aromatic heterocycles. The van der Waals surface area contributed by atoms with Crippen LogP contribution in [0.5, 0.6) is 11.6 Å². The van der Waals surface area contributed by atoms with Gasteiger partial charge in [-0.2, -0.15) is 0 Å². The molecular formula is C15H16N2O3. The second kappa shape index (κ2) is 6.14. The molecule has 1 heterocycles. The van der Waals surface area contributed by atoms with Crippen LogP contribution in [0, 0.1) is 0 Å². The standard InChI is InChI=1S/C15H16N2O3/c1-10(2)13-8-14(17-9-16-13)20-12-5-3-4-11(6-12)7-15(18)19/h3-6,8-10H,7H2,1-2H3,(H,18,19). The molecule has 0 bridgehead atoms. The Hall–Kier alpha value is -2.43. The van der Waals surface area contributed by atoms with Gasteiger partial charge in [0.1, 0.15) is 12.1 Å². The summed E-state index contributed by atoms with van der Waals surface area (Å²) in [4.78, 5) is 18.9. The molecule has 0 saturated heterocycles. The third-order valence-electron chi connectivity index (χ3n) is 2.73. The molecule has 0 amide bonds. The van der Waals surface area contributed by atoms with E-state index in [1.165, 1.54) is 6.33 Å². The predicted octanol–water partition coefficient (Wildman–Crippen LogP) is 3.02. The number of hydrogen-bond acceptors (Lipinski definition) is 4. The highest BCUT2D eigenvalue weighted by Gasteiger charge is 2.06. The zero-order chi connectivity index (χ0) is 14.5. The summed E-state index contributed by atoms with van der Waals surface area (Å²) >= 11 is 0. The third kappa shape index (κ3) is 3.78. The summed E-state index contributed by atoms with van der Waals surface area (Å²) in [6, 6.07) is 8.76. The number of carboxylic acids is 1. The zero-order valence-corrected chi connectivity index (χ0v) is 11.4. The molecule has 0 radical (unpaired) electrons. The van der Waals surface area contributed by atoms with Gasteiger partial charge < -0.3 is 9.84 Å². The van der Waals surface area contributed by atoms with Crippen molar-refractivity contribution in [3.63, 3.8) is 0 Å². The van der Waals surface area contributed by atoms with Crippen molar-refractivity contribution in [2.75, 3.05) is 0 Å². The fourth-order valence-corrected chi connectivity index (χ4v) is 1.74. The van der Waals surface area contributed by atoms with Gasteiger partial charge in [0.05, 0.1) is 12.1 Å². The highest BCUT2D eigenvalue weighted by molar-refractivity contribution is 5.70. The van der Waals surface area contributed by atoms with E-state index in [1.54, 1.807) is 30.3 Å². The Bertz CT molecular complexity index is 612. The van der Waals surface area contributed by atoms with E-state index < -0.39 is 5.97 Å². The number of carboxylic acid groups (broad SMARTS) is 1. The first-order chi connectivity index (χ1) is 9.54. The fourth-order valence-electron chi connectivity index (χ4n) is 1.74. The van der Waals surface area contributed by atoms with E-state index in [0.29, 0.717) is 23.1 Å². The van der Waals surface area contributed by atoms with E-state index in [-0.39, 0.29) is 6.42 Å². The summed E-state index contributed by atoms with van der Waals surface area (Å²) in [7, 11) is 0. The van der Waals surface area contributed by atoms with Gasteiger partial charge in [-0.15, -0.1) is 0 Å². The van der Waals surface area contributed by atoms with E-state index >= 15 is 0 Å². The van der Waals surface area contributed by atoms with Crippen molar-refractivity contribution < 1.29 is 14.6 Å². The van der Waals surface area contributed by atoms with Gasteiger partial charge in [0.25, 0.3) is 0 Å². The Morgan fingerprint density at radius 2 is 2.10 bits per heavy atom. The fraction of sp³-hybridized carbons (Fsp3) is 0.267. The molecule has 0 aliphatic carbocycles. The van der Waals surface area contributed by atoms with Gasteiger partial charge in [-0.3, -0.25) is 4.79 Å². The van der Waals surface area contributed by atoms with Gasteiger partial charge in [-0.05, 0) is 23.6 Å². The number of aliphatic carboxylic acids is 1. The van der Waals surface area contributed by atoms with Gasteiger partial charge in [0.2, 0.25) is 5.88 Å². The quantitative estimate of drug-likeness (QED) is 0.905. The average molecular weight is 272 g/mol. The maximum atomic E-state index is 10.7. The average Bonchev–Trinajstić information content (AvgIpc) is 2.38. The summed E-state index contributed by atoms with van der Waals surface area (Å²) in [5.41, 5.74) is 1.59. The second-order valence-electron chi connectivity index (χ2n) is 4.76. The lowest BCUT2D eigenvalue weighted by atomic mass is 10.1. The van der Waals surface area contributed by atoms with Crippen LogP contribution in [0.25, 0.3) is 0 Å². The van der Waals surface area contributed by atoms with E-state index in [4.69, 9.17) is 9.84 Å². The van der Waals surface area contributed by atoms with Crippen LogP contribution < -0.4 is 4.74 Å². The molecule has 2 aromatic rings. The van der Waals surface area contributed by atoms with Crippen LogP contribution in [0.15, 0.2) is 36.7 Å². The van der Waals surface area contributed by atoms with Crippen LogP contribution in [-0.4, -0.2) is 21.0 Å². The van der Waals surface area contributed by atoms with E-state index in [2.05, 4.69) is 9.97 Å². The molecule has 104 valence electrons. The van der Waals surface area contributed by atoms with E-state index in [9.17, 15) is 4.79 Å². The summed E-state index contributed by atoms with van der Waals surface area (Å²) in [5.74, 6) is 0.443. The molecule has 2 rings (SSSR count). The molecule has 1 N–H and O–H groups in total. The van der Waals surface area contributed by atoms with Crippen LogP contribution >= 0.6 is 0 Å². The molecular weight excluding hydrogens is 256 g/mol. The number of carbonyl (C=O) groups is 1. The number of benzene rings is 1. The smallest absolute Gasteiger partial charge is 0.307 e.